The summed E-state index contributed by atoms with van der Waals surface area (Å²) in [5, 5.41) is 0. The minimum atomic E-state index is -0.122. The first-order valence-electron chi connectivity index (χ1n) is 11.9. The Kier molecular flexibility index (Phi) is 11.7. The highest BCUT2D eigenvalue weighted by molar-refractivity contribution is 5.80. The van der Waals surface area contributed by atoms with E-state index in [1.807, 2.05) is 24.4 Å². The van der Waals surface area contributed by atoms with Crippen LogP contribution in [0.15, 0.2) is 59.2 Å². The maximum Gasteiger partial charge on any atom is 0.0901 e. The van der Waals surface area contributed by atoms with Crippen molar-refractivity contribution >= 4 is 6.21 Å². The molecule has 0 heterocycles. The van der Waals surface area contributed by atoms with Gasteiger partial charge < -0.3 is 4.74 Å². The van der Waals surface area contributed by atoms with Crippen LogP contribution in [0.2, 0.25) is 0 Å². The highest BCUT2D eigenvalue weighted by Crippen LogP contribution is 2.31. The van der Waals surface area contributed by atoms with E-state index in [0.717, 1.165) is 30.7 Å². The van der Waals surface area contributed by atoms with Crippen molar-refractivity contribution < 1.29 is 4.74 Å². The van der Waals surface area contributed by atoms with Crippen molar-refractivity contribution in [2.75, 3.05) is 6.61 Å². The molecule has 0 N–H and O–H groups in total. The van der Waals surface area contributed by atoms with Gasteiger partial charge in [0.15, 0.2) is 0 Å². The first-order chi connectivity index (χ1) is 14.3. The lowest BCUT2D eigenvalue weighted by atomic mass is 9.88. The zero-order chi connectivity index (χ0) is 20.6. The van der Waals surface area contributed by atoms with E-state index in [1.165, 1.54) is 64.2 Å². The van der Waals surface area contributed by atoms with Crippen LogP contribution in [0, 0.1) is 0 Å². The molecule has 1 unspecified atom stereocenters. The highest BCUT2D eigenvalue weighted by Gasteiger charge is 2.28. The molecule has 1 aliphatic rings. The molecule has 0 aromatic heterocycles. The summed E-state index contributed by atoms with van der Waals surface area (Å²) in [6, 6.07) is 10.3. The normalized spacial score (nSPS) is 19.0. The molecule has 0 fully saturated rings. The largest absolute Gasteiger partial charge is 0.371 e. The van der Waals surface area contributed by atoms with Gasteiger partial charge in [-0.25, -0.2) is 0 Å². The molecule has 0 amide bonds. The van der Waals surface area contributed by atoms with E-state index < -0.39 is 0 Å². The monoisotopic (exact) mass is 395 g/mol. The number of hydrogen-bond acceptors (Lipinski definition) is 2. The molecular weight excluding hydrogens is 354 g/mol. The second-order valence-electron chi connectivity index (χ2n) is 8.33. The van der Waals surface area contributed by atoms with Gasteiger partial charge in [-0.05, 0) is 24.5 Å². The number of ether oxygens (including phenoxy) is 1. The van der Waals surface area contributed by atoms with Gasteiger partial charge in [-0.15, -0.1) is 0 Å². The Labute approximate surface area is 179 Å². The van der Waals surface area contributed by atoms with Crippen LogP contribution in [0.1, 0.15) is 96.5 Å². The summed E-state index contributed by atoms with van der Waals surface area (Å²) in [6.07, 6.45) is 23.7. The number of allylic oxidation sites excluding steroid dienone is 1. The van der Waals surface area contributed by atoms with Gasteiger partial charge in [0.1, 0.15) is 0 Å². The molecular formula is C27H41NO. The summed E-state index contributed by atoms with van der Waals surface area (Å²) in [4.78, 5) is 4.66. The molecule has 0 bridgehead atoms. The van der Waals surface area contributed by atoms with Gasteiger partial charge in [0.25, 0.3) is 0 Å². The Balaban J connectivity index is 1.87. The summed E-state index contributed by atoms with van der Waals surface area (Å²) in [6.45, 7) is 5.40. The van der Waals surface area contributed by atoms with Crippen LogP contribution >= 0.6 is 0 Å². The molecule has 0 saturated carbocycles. The number of rotatable bonds is 15. The smallest absolute Gasteiger partial charge is 0.0901 e. The predicted molar refractivity (Wildman–Crippen MR) is 127 cm³/mol. The van der Waals surface area contributed by atoms with Gasteiger partial charge in [-0.2, -0.15) is 0 Å². The Bertz CT molecular complexity index is 631. The minimum absolute atomic E-state index is 0.122. The maximum atomic E-state index is 6.47. The molecule has 0 spiro atoms. The van der Waals surface area contributed by atoms with E-state index in [4.69, 9.17) is 4.74 Å². The predicted octanol–water partition coefficient (Wildman–Crippen LogP) is 8.04. The lowest BCUT2D eigenvalue weighted by Crippen LogP contribution is -2.31. The Hall–Kier alpha value is -1.67. The molecule has 1 aromatic rings. The van der Waals surface area contributed by atoms with Crippen LogP contribution < -0.4 is 0 Å². The average Bonchev–Trinajstić information content (AvgIpc) is 2.76. The third-order valence-corrected chi connectivity index (χ3v) is 5.72. The fraction of sp³-hybridized carbons (Fsp3) is 0.593. The zero-order valence-corrected chi connectivity index (χ0v) is 18.7. The second kappa shape index (κ2) is 14.3. The average molecular weight is 396 g/mol. The van der Waals surface area contributed by atoms with Crippen molar-refractivity contribution in [3.05, 3.63) is 59.8 Å². The van der Waals surface area contributed by atoms with E-state index in [0.29, 0.717) is 0 Å². The first-order valence-corrected chi connectivity index (χ1v) is 11.9. The maximum absolute atomic E-state index is 6.47. The second-order valence-corrected chi connectivity index (χ2v) is 8.33. The topological polar surface area (TPSA) is 21.6 Å². The molecule has 1 aromatic carbocycles. The summed E-state index contributed by atoms with van der Waals surface area (Å²) in [5.41, 5.74) is 2.06. The van der Waals surface area contributed by atoms with Crippen LogP contribution in [-0.2, 0) is 4.74 Å². The number of nitrogens with zero attached hydrogens (tertiary/aromatic N) is 1. The number of benzene rings is 1. The molecule has 29 heavy (non-hydrogen) atoms. The lowest BCUT2D eigenvalue weighted by molar-refractivity contribution is -0.0169. The molecule has 0 radical (unpaired) electrons. The standard InChI is InChI=1S/C27H41NO/c1-3-5-7-9-10-14-20-27(29-23-15-8-6-4-2)21-18-26(19-22-27)28-24-25-16-12-11-13-17-25/h11-13,16-19,21,24H,3-10,14-15,20,22-23H2,1-2H3. The zero-order valence-electron chi connectivity index (χ0n) is 18.7. The minimum Gasteiger partial charge on any atom is -0.371 e. The van der Waals surface area contributed by atoms with Gasteiger partial charge in [0, 0.05) is 19.2 Å². The number of unbranched alkanes of at least 4 members (excludes halogenated alkanes) is 8. The quantitative estimate of drug-likeness (QED) is 0.217. The van der Waals surface area contributed by atoms with Gasteiger partial charge in [-0.1, -0.05) is 114 Å². The SMILES string of the molecule is CCCCCCCCC1(OCCCCCC)C=CC(N=Cc2ccccc2)=CC1. The summed E-state index contributed by atoms with van der Waals surface area (Å²) in [5.74, 6) is 0. The third-order valence-electron chi connectivity index (χ3n) is 5.72. The van der Waals surface area contributed by atoms with Crippen molar-refractivity contribution in [2.45, 2.75) is 96.5 Å². The molecule has 2 nitrogen and oxygen atoms in total. The van der Waals surface area contributed by atoms with Crippen molar-refractivity contribution in [3.8, 4) is 0 Å². The van der Waals surface area contributed by atoms with Gasteiger partial charge >= 0.3 is 0 Å². The van der Waals surface area contributed by atoms with E-state index in [2.05, 4.69) is 49.2 Å². The molecule has 0 saturated heterocycles. The highest BCUT2D eigenvalue weighted by atomic mass is 16.5. The van der Waals surface area contributed by atoms with E-state index >= 15 is 0 Å². The summed E-state index contributed by atoms with van der Waals surface area (Å²) < 4.78 is 6.47. The van der Waals surface area contributed by atoms with E-state index in [9.17, 15) is 0 Å². The van der Waals surface area contributed by atoms with Crippen LogP contribution in [-0.4, -0.2) is 18.4 Å². The summed E-state index contributed by atoms with van der Waals surface area (Å²) >= 11 is 0. The van der Waals surface area contributed by atoms with Crippen molar-refractivity contribution in [1.29, 1.82) is 0 Å². The fourth-order valence-corrected chi connectivity index (χ4v) is 3.81. The molecule has 160 valence electrons. The Morgan fingerprint density at radius 1 is 0.897 bits per heavy atom. The fourth-order valence-electron chi connectivity index (χ4n) is 3.81. The molecule has 2 rings (SSSR count). The lowest BCUT2D eigenvalue weighted by Gasteiger charge is -2.32. The van der Waals surface area contributed by atoms with Gasteiger partial charge in [-0.3, -0.25) is 4.99 Å². The van der Waals surface area contributed by atoms with Gasteiger partial charge in [0.2, 0.25) is 0 Å². The van der Waals surface area contributed by atoms with Gasteiger partial charge in [0.05, 0.1) is 11.3 Å². The van der Waals surface area contributed by atoms with E-state index in [-0.39, 0.29) is 5.60 Å². The molecule has 1 atom stereocenters. The Morgan fingerprint density at radius 2 is 1.59 bits per heavy atom. The van der Waals surface area contributed by atoms with Crippen molar-refractivity contribution in [1.82, 2.24) is 0 Å². The molecule has 1 aliphatic carbocycles. The van der Waals surface area contributed by atoms with Crippen LogP contribution in [0.25, 0.3) is 0 Å². The Morgan fingerprint density at radius 3 is 2.28 bits per heavy atom. The van der Waals surface area contributed by atoms with Crippen LogP contribution in [0.4, 0.5) is 0 Å². The number of hydrogen-bond donors (Lipinski definition) is 0. The third kappa shape index (κ3) is 9.58. The van der Waals surface area contributed by atoms with Crippen molar-refractivity contribution in [2.24, 2.45) is 4.99 Å². The molecule has 2 heteroatoms. The summed E-state index contributed by atoms with van der Waals surface area (Å²) in [7, 11) is 0. The van der Waals surface area contributed by atoms with Crippen LogP contribution in [0.3, 0.4) is 0 Å². The molecule has 0 aliphatic heterocycles. The first kappa shape index (κ1) is 23.6. The van der Waals surface area contributed by atoms with Crippen molar-refractivity contribution in [3.63, 3.8) is 0 Å². The number of aliphatic imine (C=N–C) groups is 1. The van der Waals surface area contributed by atoms with E-state index in [1.54, 1.807) is 0 Å². The van der Waals surface area contributed by atoms with Crippen LogP contribution in [0.5, 0.6) is 0 Å².